The molecule has 0 spiro atoms. The second-order valence-electron chi connectivity index (χ2n) is 5.94. The van der Waals surface area contributed by atoms with Crippen molar-refractivity contribution < 1.29 is 22.6 Å². The van der Waals surface area contributed by atoms with Gasteiger partial charge in [0.15, 0.2) is 11.5 Å². The van der Waals surface area contributed by atoms with Gasteiger partial charge in [-0.1, -0.05) is 0 Å². The van der Waals surface area contributed by atoms with Gasteiger partial charge in [-0.15, -0.1) is 0 Å². The molecule has 0 radical (unpaired) electrons. The molecule has 0 aliphatic carbocycles. The molecule has 1 aromatic carbocycles. The fourth-order valence-electron chi connectivity index (χ4n) is 2.97. The van der Waals surface area contributed by atoms with Crippen molar-refractivity contribution >= 4 is 10.0 Å². The number of aromatic nitrogens is 2. The molecule has 1 N–H and O–H groups in total. The summed E-state index contributed by atoms with van der Waals surface area (Å²) >= 11 is 0. The summed E-state index contributed by atoms with van der Waals surface area (Å²) in [4.78, 5) is 12.0. The van der Waals surface area contributed by atoms with Gasteiger partial charge in [-0.3, -0.25) is 4.79 Å². The Kier molecular flexibility index (Phi) is 4.39. The monoisotopic (exact) mass is 379 g/mol. The molecule has 2 atom stereocenters. The number of hydrogen-bond donors (Lipinski definition) is 1. The van der Waals surface area contributed by atoms with Crippen molar-refractivity contribution in [1.29, 1.82) is 0 Å². The maximum absolute atomic E-state index is 12.8. The molecule has 26 heavy (non-hydrogen) atoms. The van der Waals surface area contributed by atoms with Crippen LogP contribution in [0.2, 0.25) is 0 Å². The molecule has 0 amide bonds. The van der Waals surface area contributed by atoms with E-state index in [0.717, 1.165) is 0 Å². The van der Waals surface area contributed by atoms with Crippen molar-refractivity contribution in [3.8, 4) is 11.5 Å². The van der Waals surface area contributed by atoms with Gasteiger partial charge in [0.1, 0.15) is 13.2 Å². The smallest absolute Gasteiger partial charge is 0.267 e. The van der Waals surface area contributed by atoms with E-state index in [2.05, 4.69) is 9.82 Å². The van der Waals surface area contributed by atoms with Crippen LogP contribution >= 0.6 is 0 Å². The lowest BCUT2D eigenvalue weighted by Gasteiger charge is -2.21. The van der Waals surface area contributed by atoms with Gasteiger partial charge < -0.3 is 14.2 Å². The third kappa shape index (κ3) is 3.18. The first-order valence-corrected chi connectivity index (χ1v) is 9.56. The Balaban J connectivity index is 1.59. The lowest BCUT2D eigenvalue weighted by Crippen LogP contribution is -2.43. The lowest BCUT2D eigenvalue weighted by atomic mass is 10.2. The average molecular weight is 379 g/mol. The highest BCUT2D eigenvalue weighted by Crippen LogP contribution is 2.32. The molecule has 9 nitrogen and oxygen atoms in total. The fourth-order valence-corrected chi connectivity index (χ4v) is 4.24. The predicted octanol–water partition coefficient (Wildman–Crippen LogP) is -0.0671. The number of nitrogens with one attached hydrogen (secondary N) is 1. The minimum absolute atomic E-state index is 0.0563. The number of benzene rings is 1. The van der Waals surface area contributed by atoms with Crippen LogP contribution in [0.4, 0.5) is 0 Å². The molecule has 2 aromatic rings. The molecule has 10 heteroatoms. The van der Waals surface area contributed by atoms with Crippen molar-refractivity contribution in [2.75, 3.05) is 26.4 Å². The summed E-state index contributed by atoms with van der Waals surface area (Å²) in [7, 11) is -3.84. The van der Waals surface area contributed by atoms with E-state index in [1.54, 1.807) is 6.07 Å². The van der Waals surface area contributed by atoms with E-state index in [-0.39, 0.29) is 23.7 Å². The van der Waals surface area contributed by atoms with Crippen molar-refractivity contribution in [3.63, 3.8) is 0 Å². The van der Waals surface area contributed by atoms with E-state index < -0.39 is 22.1 Å². The highest BCUT2D eigenvalue weighted by molar-refractivity contribution is 7.89. The van der Waals surface area contributed by atoms with E-state index in [1.165, 1.54) is 35.1 Å². The van der Waals surface area contributed by atoms with Gasteiger partial charge in [0.25, 0.3) is 5.56 Å². The van der Waals surface area contributed by atoms with Crippen molar-refractivity contribution in [3.05, 3.63) is 46.9 Å². The molecular weight excluding hydrogens is 362 g/mol. The van der Waals surface area contributed by atoms with Crippen LogP contribution in [0.5, 0.6) is 11.5 Å². The zero-order valence-corrected chi connectivity index (χ0v) is 14.5. The normalized spacial score (nSPS) is 22.3. The quantitative estimate of drug-likeness (QED) is 0.792. The summed E-state index contributed by atoms with van der Waals surface area (Å²) < 4.78 is 45.6. The number of hydrogen-bond acceptors (Lipinski definition) is 7. The van der Waals surface area contributed by atoms with Crippen molar-refractivity contribution in [1.82, 2.24) is 14.5 Å². The standard InChI is InChI=1S/C16H17N3O6S/c20-16-2-1-5-17-19(16)13-10-23-9-12(13)18-26(21,22)11-3-4-14-15(8-11)25-7-6-24-14/h1-5,8,12-13,18H,6-7,9-10H2. The summed E-state index contributed by atoms with van der Waals surface area (Å²) in [6.07, 6.45) is 1.48. The molecule has 0 saturated carbocycles. The molecule has 1 saturated heterocycles. The Morgan fingerprint density at radius 2 is 1.92 bits per heavy atom. The Hall–Kier alpha value is -2.43. The number of ether oxygens (including phenoxy) is 3. The first kappa shape index (κ1) is 17.0. The van der Waals surface area contributed by atoms with Crippen LogP contribution in [0.15, 0.2) is 46.2 Å². The van der Waals surface area contributed by atoms with Gasteiger partial charge in [0.05, 0.1) is 30.2 Å². The molecule has 0 bridgehead atoms. The molecule has 2 unspecified atom stereocenters. The zero-order valence-electron chi connectivity index (χ0n) is 13.7. The highest BCUT2D eigenvalue weighted by atomic mass is 32.2. The maximum Gasteiger partial charge on any atom is 0.267 e. The molecule has 2 aliphatic heterocycles. The van der Waals surface area contributed by atoms with Crippen LogP contribution in [-0.2, 0) is 14.8 Å². The van der Waals surface area contributed by atoms with Crippen LogP contribution in [0.25, 0.3) is 0 Å². The third-order valence-electron chi connectivity index (χ3n) is 4.24. The van der Waals surface area contributed by atoms with Crippen molar-refractivity contribution in [2.24, 2.45) is 0 Å². The van der Waals surface area contributed by atoms with E-state index in [9.17, 15) is 13.2 Å². The van der Waals surface area contributed by atoms with Gasteiger partial charge >= 0.3 is 0 Å². The molecule has 138 valence electrons. The van der Waals surface area contributed by atoms with Gasteiger partial charge in [-0.25, -0.2) is 17.8 Å². The number of fused-ring (bicyclic) bond motifs is 1. The largest absolute Gasteiger partial charge is 0.486 e. The first-order chi connectivity index (χ1) is 12.5. The second-order valence-corrected chi connectivity index (χ2v) is 7.66. The Morgan fingerprint density at radius 3 is 2.73 bits per heavy atom. The topological polar surface area (TPSA) is 109 Å². The van der Waals surface area contributed by atoms with E-state index in [0.29, 0.717) is 24.7 Å². The number of sulfonamides is 1. The summed E-state index contributed by atoms with van der Waals surface area (Å²) in [6, 6.07) is 6.22. The van der Waals surface area contributed by atoms with Crippen LogP contribution < -0.4 is 19.8 Å². The second kappa shape index (κ2) is 6.71. The minimum Gasteiger partial charge on any atom is -0.486 e. The van der Waals surface area contributed by atoms with Crippen molar-refractivity contribution in [2.45, 2.75) is 17.0 Å². The van der Waals surface area contributed by atoms with Gasteiger partial charge in [0, 0.05) is 18.3 Å². The van der Waals surface area contributed by atoms with Crippen LogP contribution in [0.1, 0.15) is 6.04 Å². The average Bonchev–Trinajstić information content (AvgIpc) is 3.09. The Bertz CT molecular complexity index is 974. The van der Waals surface area contributed by atoms with E-state index >= 15 is 0 Å². The summed E-state index contributed by atoms with van der Waals surface area (Å²) in [6.45, 7) is 1.14. The summed E-state index contributed by atoms with van der Waals surface area (Å²) in [5, 5.41) is 4.02. The third-order valence-corrected chi connectivity index (χ3v) is 5.72. The highest BCUT2D eigenvalue weighted by Gasteiger charge is 2.35. The first-order valence-electron chi connectivity index (χ1n) is 8.08. The molecule has 4 rings (SSSR count). The zero-order chi connectivity index (χ0) is 18.1. The van der Waals surface area contributed by atoms with E-state index in [4.69, 9.17) is 14.2 Å². The van der Waals surface area contributed by atoms with Gasteiger partial charge in [0.2, 0.25) is 10.0 Å². The summed E-state index contributed by atoms with van der Waals surface area (Å²) in [5.41, 5.74) is -0.313. The maximum atomic E-state index is 12.8. The van der Waals surface area contributed by atoms with Crippen LogP contribution in [0.3, 0.4) is 0 Å². The molecule has 3 heterocycles. The number of rotatable bonds is 4. The van der Waals surface area contributed by atoms with E-state index in [1.807, 2.05) is 0 Å². The molecular formula is C16H17N3O6S. The van der Waals surface area contributed by atoms with Crippen LogP contribution in [0, 0.1) is 0 Å². The molecule has 2 aliphatic rings. The Labute approximate surface area is 149 Å². The van der Waals surface area contributed by atoms with Gasteiger partial charge in [-0.05, 0) is 18.2 Å². The fraction of sp³-hybridized carbons (Fsp3) is 0.375. The van der Waals surface area contributed by atoms with Gasteiger partial charge in [-0.2, -0.15) is 5.10 Å². The van der Waals surface area contributed by atoms with Crippen LogP contribution in [-0.4, -0.2) is 50.7 Å². The Morgan fingerprint density at radius 1 is 1.12 bits per heavy atom. The number of nitrogens with zero attached hydrogens (tertiary/aromatic N) is 2. The molecule has 1 aromatic heterocycles. The SMILES string of the molecule is O=c1cccnn1C1COCC1NS(=O)(=O)c1ccc2c(c1)OCCO2. The summed E-state index contributed by atoms with van der Waals surface area (Å²) in [5.74, 6) is 0.900. The predicted molar refractivity (Wildman–Crippen MR) is 89.9 cm³/mol. The minimum atomic E-state index is -3.84. The lowest BCUT2D eigenvalue weighted by molar-refractivity contribution is 0.171. The molecule has 1 fully saturated rings.